The van der Waals surface area contributed by atoms with Crippen molar-refractivity contribution in [2.24, 2.45) is 0 Å². The first kappa shape index (κ1) is 21.0. The van der Waals surface area contributed by atoms with E-state index < -0.39 is 0 Å². The Balaban J connectivity index is 1.30. The summed E-state index contributed by atoms with van der Waals surface area (Å²) >= 11 is 0. The second kappa shape index (κ2) is 12.0. The zero-order chi connectivity index (χ0) is 20.9. The van der Waals surface area contributed by atoms with Crippen LogP contribution < -0.4 is 15.4 Å². The van der Waals surface area contributed by atoms with Crippen molar-refractivity contribution in [1.82, 2.24) is 15.3 Å². The predicted octanol–water partition coefficient (Wildman–Crippen LogP) is 4.08. The quantitative estimate of drug-likeness (QED) is 0.373. The van der Waals surface area contributed by atoms with Gasteiger partial charge in [-0.2, -0.15) is 0 Å². The molecule has 0 saturated heterocycles. The van der Waals surface area contributed by atoms with Gasteiger partial charge in [0.2, 0.25) is 5.91 Å². The number of hydrogen-bond donors (Lipinski definition) is 2. The molecule has 0 aliphatic carbocycles. The van der Waals surface area contributed by atoms with Gasteiger partial charge in [0.1, 0.15) is 18.2 Å². The predicted molar refractivity (Wildman–Crippen MR) is 119 cm³/mol. The number of carbonyl (C=O) groups is 1. The van der Waals surface area contributed by atoms with Crippen molar-refractivity contribution in [3.8, 4) is 5.75 Å². The minimum absolute atomic E-state index is 0.0930. The minimum Gasteiger partial charge on any atom is -0.489 e. The Bertz CT molecular complexity index is 913. The second-order valence-electron chi connectivity index (χ2n) is 6.69. The number of nitrogens with zero attached hydrogens (tertiary/aromatic N) is 2. The van der Waals surface area contributed by atoms with E-state index in [1.54, 1.807) is 30.7 Å². The Morgan fingerprint density at radius 3 is 2.60 bits per heavy atom. The highest BCUT2D eigenvalue weighted by molar-refractivity contribution is 5.91. The molecule has 0 atom stereocenters. The molecular weight excluding hydrogens is 376 g/mol. The molecule has 0 radical (unpaired) electrons. The SMILES string of the molecule is O=C(C=Cc1ccc(OCc2cccnc2)cc1)NCCCCNc1ccccn1. The van der Waals surface area contributed by atoms with Gasteiger partial charge in [0.25, 0.3) is 0 Å². The highest BCUT2D eigenvalue weighted by atomic mass is 16.5. The second-order valence-corrected chi connectivity index (χ2v) is 6.69. The number of benzene rings is 1. The lowest BCUT2D eigenvalue weighted by atomic mass is 10.2. The summed E-state index contributed by atoms with van der Waals surface area (Å²) in [5, 5.41) is 6.15. The van der Waals surface area contributed by atoms with Gasteiger partial charge >= 0.3 is 0 Å². The molecule has 154 valence electrons. The standard InChI is InChI=1S/C24H26N4O2/c29-24(28-17-4-3-16-27-23-7-1-2-15-26-23)13-10-20-8-11-22(12-9-20)30-19-21-6-5-14-25-18-21/h1-2,5-15,18H,3-4,16-17,19H2,(H,26,27)(H,28,29). The van der Waals surface area contributed by atoms with Gasteiger partial charge in [-0.3, -0.25) is 9.78 Å². The highest BCUT2D eigenvalue weighted by Gasteiger charge is 1.98. The third-order valence-corrected chi connectivity index (χ3v) is 4.31. The number of pyridine rings is 2. The molecule has 0 bridgehead atoms. The number of anilines is 1. The molecule has 1 aromatic carbocycles. The molecule has 0 aliphatic heterocycles. The normalized spacial score (nSPS) is 10.7. The monoisotopic (exact) mass is 402 g/mol. The van der Waals surface area contributed by atoms with Crippen LogP contribution in [0.15, 0.2) is 79.3 Å². The van der Waals surface area contributed by atoms with Gasteiger partial charge in [-0.05, 0) is 54.8 Å². The van der Waals surface area contributed by atoms with E-state index in [0.29, 0.717) is 13.2 Å². The summed E-state index contributed by atoms with van der Waals surface area (Å²) in [7, 11) is 0. The van der Waals surface area contributed by atoms with Crippen LogP contribution in [0, 0.1) is 0 Å². The Kier molecular flexibility index (Phi) is 8.43. The number of nitrogens with one attached hydrogen (secondary N) is 2. The van der Waals surface area contributed by atoms with Gasteiger partial charge in [0, 0.05) is 43.3 Å². The van der Waals surface area contributed by atoms with Crippen molar-refractivity contribution in [3.05, 3.63) is 90.4 Å². The molecule has 1 amide bonds. The lowest BCUT2D eigenvalue weighted by molar-refractivity contribution is -0.116. The van der Waals surface area contributed by atoms with E-state index in [2.05, 4.69) is 20.6 Å². The molecule has 2 heterocycles. The van der Waals surface area contributed by atoms with Gasteiger partial charge in [0.15, 0.2) is 0 Å². The molecule has 0 saturated carbocycles. The smallest absolute Gasteiger partial charge is 0.243 e. The van der Waals surface area contributed by atoms with Gasteiger partial charge in [-0.25, -0.2) is 4.98 Å². The van der Waals surface area contributed by atoms with Gasteiger partial charge < -0.3 is 15.4 Å². The summed E-state index contributed by atoms with van der Waals surface area (Å²) in [6.07, 6.45) is 10.5. The number of rotatable bonds is 11. The topological polar surface area (TPSA) is 76.1 Å². The molecule has 0 spiro atoms. The molecule has 3 rings (SSSR count). The summed E-state index contributed by atoms with van der Waals surface area (Å²) < 4.78 is 5.73. The Hall–Kier alpha value is -3.67. The summed E-state index contributed by atoms with van der Waals surface area (Å²) in [6.45, 7) is 1.95. The van der Waals surface area contributed by atoms with Crippen LogP contribution in [0.3, 0.4) is 0 Å². The summed E-state index contributed by atoms with van der Waals surface area (Å²) in [5.74, 6) is 1.56. The maximum Gasteiger partial charge on any atom is 0.243 e. The molecule has 0 unspecified atom stereocenters. The van der Waals surface area contributed by atoms with Crippen LogP contribution in [0.5, 0.6) is 5.75 Å². The van der Waals surface area contributed by atoms with Crippen molar-refractivity contribution >= 4 is 17.8 Å². The lowest BCUT2D eigenvalue weighted by Crippen LogP contribution is -2.22. The van der Waals surface area contributed by atoms with E-state index >= 15 is 0 Å². The van der Waals surface area contributed by atoms with Crippen LogP contribution >= 0.6 is 0 Å². The van der Waals surface area contributed by atoms with Gasteiger partial charge in [0.05, 0.1) is 0 Å². The van der Waals surface area contributed by atoms with Crippen molar-refractivity contribution in [1.29, 1.82) is 0 Å². The average molecular weight is 402 g/mol. The first-order valence-electron chi connectivity index (χ1n) is 10.0. The van der Waals surface area contributed by atoms with Crippen LogP contribution in [0.1, 0.15) is 24.0 Å². The van der Waals surface area contributed by atoms with E-state index in [-0.39, 0.29) is 5.91 Å². The van der Waals surface area contributed by atoms with Gasteiger partial charge in [-0.15, -0.1) is 0 Å². The molecule has 0 fully saturated rings. The fourth-order valence-corrected chi connectivity index (χ4v) is 2.70. The molecule has 6 nitrogen and oxygen atoms in total. The third kappa shape index (κ3) is 7.75. The van der Waals surface area contributed by atoms with E-state index in [9.17, 15) is 4.79 Å². The van der Waals surface area contributed by atoms with E-state index in [4.69, 9.17) is 4.74 Å². The number of unbranched alkanes of at least 4 members (excludes halogenated alkanes) is 1. The van der Waals surface area contributed by atoms with Crippen LogP contribution in [0.25, 0.3) is 6.08 Å². The zero-order valence-corrected chi connectivity index (χ0v) is 16.8. The molecule has 30 heavy (non-hydrogen) atoms. The Labute approximate surface area is 177 Å². The first-order valence-corrected chi connectivity index (χ1v) is 10.0. The van der Waals surface area contributed by atoms with Crippen LogP contribution in [-0.2, 0) is 11.4 Å². The fourth-order valence-electron chi connectivity index (χ4n) is 2.70. The molecule has 3 aromatic rings. The van der Waals surface area contributed by atoms with E-state index in [1.165, 1.54) is 0 Å². The Morgan fingerprint density at radius 1 is 0.967 bits per heavy atom. The zero-order valence-electron chi connectivity index (χ0n) is 16.8. The van der Waals surface area contributed by atoms with E-state index in [1.807, 2.05) is 54.6 Å². The summed E-state index contributed by atoms with van der Waals surface area (Å²) in [5.41, 5.74) is 1.96. The van der Waals surface area contributed by atoms with Crippen LogP contribution in [-0.4, -0.2) is 29.0 Å². The average Bonchev–Trinajstić information content (AvgIpc) is 2.80. The van der Waals surface area contributed by atoms with Crippen molar-refractivity contribution in [2.75, 3.05) is 18.4 Å². The number of aromatic nitrogens is 2. The fraction of sp³-hybridized carbons (Fsp3) is 0.208. The minimum atomic E-state index is -0.0930. The number of hydrogen-bond acceptors (Lipinski definition) is 5. The molecular formula is C24H26N4O2. The molecule has 0 aliphatic rings. The third-order valence-electron chi connectivity index (χ3n) is 4.31. The largest absolute Gasteiger partial charge is 0.489 e. The first-order chi connectivity index (χ1) is 14.8. The van der Waals surface area contributed by atoms with Crippen LogP contribution in [0.4, 0.5) is 5.82 Å². The number of carbonyl (C=O) groups excluding carboxylic acids is 1. The molecule has 2 aromatic heterocycles. The number of ether oxygens (including phenoxy) is 1. The number of amides is 1. The summed E-state index contributed by atoms with van der Waals surface area (Å²) in [6, 6.07) is 17.3. The van der Waals surface area contributed by atoms with Crippen LogP contribution in [0.2, 0.25) is 0 Å². The maximum absolute atomic E-state index is 11.9. The molecule has 6 heteroatoms. The van der Waals surface area contributed by atoms with E-state index in [0.717, 1.165) is 42.1 Å². The highest BCUT2D eigenvalue weighted by Crippen LogP contribution is 2.14. The summed E-state index contributed by atoms with van der Waals surface area (Å²) in [4.78, 5) is 20.2. The Morgan fingerprint density at radius 2 is 1.83 bits per heavy atom. The van der Waals surface area contributed by atoms with Gasteiger partial charge in [-0.1, -0.05) is 24.3 Å². The van der Waals surface area contributed by atoms with Crippen molar-refractivity contribution in [3.63, 3.8) is 0 Å². The lowest BCUT2D eigenvalue weighted by Gasteiger charge is -2.06. The molecule has 2 N–H and O–H groups in total. The maximum atomic E-state index is 11.9. The van der Waals surface area contributed by atoms with Crippen molar-refractivity contribution < 1.29 is 9.53 Å². The van der Waals surface area contributed by atoms with Crippen molar-refractivity contribution in [2.45, 2.75) is 19.4 Å².